The van der Waals surface area contributed by atoms with Gasteiger partial charge < -0.3 is 75.0 Å². The molecule has 0 rings (SSSR count). The first-order valence-corrected chi connectivity index (χ1v) is 3.16. The summed E-state index contributed by atoms with van der Waals surface area (Å²) in [6, 6.07) is 0. The van der Waals surface area contributed by atoms with E-state index in [4.69, 9.17) is 75.0 Å². The molecule has 0 aliphatic rings. The minimum atomic E-state index is -2.08. The molecule has 0 aliphatic heterocycles. The molecule has 0 saturated carbocycles. The summed E-state index contributed by atoms with van der Waals surface area (Å²) in [6.07, 6.45) is -10.4. The molecular weight excluding hydrogens is 571 g/mol. The van der Waals surface area contributed by atoms with Crippen molar-refractivity contribution in [1.82, 2.24) is 0 Å². The molecule has 0 radical (unpaired) electrons. The quantitative estimate of drug-likeness (QED) is 0.167. The molecule has 0 amide bonds. The van der Waals surface area contributed by atoms with Crippen LogP contribution in [0.25, 0.3) is 0 Å². The molecule has 0 heterocycles. The molecule has 0 spiro atoms. The first kappa shape index (κ1) is 42.9. The van der Waals surface area contributed by atoms with Crippen LogP contribution in [0.2, 0.25) is 0 Å². The number of hydrogen-bond acceptors (Lipinski definition) is 10. The van der Waals surface area contributed by atoms with Gasteiger partial charge in [-0.3, -0.25) is 0 Å². The summed E-state index contributed by atoms with van der Waals surface area (Å²) in [4.78, 5) is 42.2. The van der Waals surface area contributed by atoms with Crippen molar-refractivity contribution in [2.45, 2.75) is 0 Å². The standard InChI is InChI=1S/5CH2O3.K.Th/c5*2-1(3)4;;/h5*(H2,2,3,4);;/q;;;;;+1;+4/p-5. The van der Waals surface area contributed by atoms with Gasteiger partial charge in [0.2, 0.25) is 30.8 Å². The van der Waals surface area contributed by atoms with Crippen LogP contribution in [0.4, 0.5) is 24.0 Å². The largest absolute Gasteiger partial charge is 4.00 e. The SMILES string of the molecule is O=C([O-])O.O=C([O-])O.O=C([O-])O.O=C([O-])O.O=C([O-])O.[K+].[Th+4]. The Morgan fingerprint density at radius 2 is 0.455 bits per heavy atom. The summed E-state index contributed by atoms with van der Waals surface area (Å²) in [7, 11) is 0. The Balaban J connectivity index is -0.0000000250. The van der Waals surface area contributed by atoms with Crippen LogP contribution in [0.15, 0.2) is 0 Å². The van der Waals surface area contributed by atoms with Gasteiger partial charge in [0.1, 0.15) is 0 Å². The van der Waals surface area contributed by atoms with E-state index < -0.39 is 30.8 Å². The van der Waals surface area contributed by atoms with Crippen molar-refractivity contribution < 1.29 is 166 Å². The number of hydrogen-bond donors (Lipinski definition) is 5. The Kier molecular flexibility index (Phi) is 72.2. The molecule has 15 nitrogen and oxygen atoms in total. The van der Waals surface area contributed by atoms with E-state index in [1.54, 1.807) is 0 Å². The molecule has 0 aromatic rings. The smallest absolute Gasteiger partial charge is 0.565 e. The Hall–Kier alpha value is -0.689. The predicted molar refractivity (Wildman–Crippen MR) is 40.1 cm³/mol. The molecule has 0 unspecified atom stereocenters. The van der Waals surface area contributed by atoms with E-state index in [1.807, 2.05) is 0 Å². The predicted octanol–water partition coefficient (Wildman–Crippen LogP) is -8.56. The van der Waals surface area contributed by atoms with Crippen LogP contribution in [-0.4, -0.2) is 56.3 Å². The van der Waals surface area contributed by atoms with Crippen LogP contribution in [-0.2, 0) is 0 Å². The van der Waals surface area contributed by atoms with E-state index in [0.717, 1.165) is 0 Å². The van der Waals surface area contributed by atoms with Gasteiger partial charge in [-0.2, -0.15) is 0 Å². The van der Waals surface area contributed by atoms with Gasteiger partial charge in [0, 0.05) is 0 Å². The molecule has 0 aromatic carbocycles. The van der Waals surface area contributed by atoms with E-state index in [0.29, 0.717) is 0 Å². The van der Waals surface area contributed by atoms with Crippen LogP contribution in [0.1, 0.15) is 0 Å². The van der Waals surface area contributed by atoms with Crippen molar-refractivity contribution in [3.8, 4) is 0 Å². The molecule has 0 atom stereocenters. The molecule has 17 heteroatoms. The van der Waals surface area contributed by atoms with Gasteiger partial charge in [-0.1, -0.05) is 0 Å². The van der Waals surface area contributed by atoms with Crippen LogP contribution < -0.4 is 76.9 Å². The van der Waals surface area contributed by atoms with E-state index in [-0.39, 0.29) is 91.3 Å². The normalized spacial score (nSPS) is 5.45. The minimum Gasteiger partial charge on any atom is -0.565 e. The summed E-state index contributed by atoms with van der Waals surface area (Å²) < 4.78 is 0. The van der Waals surface area contributed by atoms with Gasteiger partial charge in [0.25, 0.3) is 0 Å². The van der Waals surface area contributed by atoms with Gasteiger partial charge in [0.05, 0.1) is 0 Å². The van der Waals surface area contributed by atoms with Crippen LogP contribution in [0.5, 0.6) is 0 Å². The fourth-order valence-electron chi connectivity index (χ4n) is 0. The number of carboxylic acid groups (broad SMARTS) is 10. The van der Waals surface area contributed by atoms with Crippen LogP contribution >= 0.6 is 0 Å². The van der Waals surface area contributed by atoms with Crippen molar-refractivity contribution in [2.24, 2.45) is 0 Å². The first-order valence-electron chi connectivity index (χ1n) is 3.16. The zero-order valence-electron chi connectivity index (χ0n) is 10.3. The monoisotopic (exact) mass is 576 g/mol. The Morgan fingerprint density at radius 1 is 0.455 bits per heavy atom. The van der Waals surface area contributed by atoms with E-state index in [1.165, 1.54) is 0 Å². The maximum absolute atomic E-state index is 8.44. The van der Waals surface area contributed by atoms with E-state index in [9.17, 15) is 0 Å². The molecule has 0 aliphatic carbocycles. The third-order valence-corrected chi connectivity index (χ3v) is 0. The summed E-state index contributed by atoms with van der Waals surface area (Å²) in [5.74, 6) is 0. The Bertz CT molecular complexity index is 213. The second-order valence-electron chi connectivity index (χ2n) is 1.33. The maximum atomic E-state index is 8.44. The van der Waals surface area contributed by atoms with Crippen molar-refractivity contribution in [3.63, 3.8) is 0 Å². The second-order valence-corrected chi connectivity index (χ2v) is 1.33. The Labute approximate surface area is 194 Å². The molecule has 22 heavy (non-hydrogen) atoms. The average molecular weight is 576 g/mol. The Morgan fingerprint density at radius 3 is 0.455 bits per heavy atom. The molecule has 0 aromatic heterocycles. The minimum absolute atomic E-state index is 0. The molecule has 120 valence electrons. The second kappa shape index (κ2) is 37.0. The average Bonchev–Trinajstić information content (AvgIpc) is 1.94. The van der Waals surface area contributed by atoms with Crippen LogP contribution in [0.3, 0.4) is 0 Å². The zero-order chi connectivity index (χ0) is 17.9. The maximum Gasteiger partial charge on any atom is 4.00 e. The summed E-state index contributed by atoms with van der Waals surface area (Å²) in [5, 5.41) is 76.5. The van der Waals surface area contributed by atoms with Crippen molar-refractivity contribution in [2.75, 3.05) is 0 Å². The fraction of sp³-hybridized carbons (Fsp3) is 0. The van der Waals surface area contributed by atoms with Gasteiger partial charge >= 0.3 is 91.3 Å². The molecule has 0 bridgehead atoms. The molecule has 0 saturated heterocycles. The third-order valence-electron chi connectivity index (χ3n) is 0. The topological polar surface area (TPSA) is 302 Å². The van der Waals surface area contributed by atoms with Crippen molar-refractivity contribution in [3.05, 3.63) is 0 Å². The van der Waals surface area contributed by atoms with Gasteiger partial charge in [-0.25, -0.2) is 0 Å². The van der Waals surface area contributed by atoms with E-state index >= 15 is 0 Å². The molecule has 5 N–H and O–H groups in total. The molecular formula is C5H5KO15Th. The van der Waals surface area contributed by atoms with Crippen molar-refractivity contribution >= 4 is 30.8 Å². The first-order chi connectivity index (χ1) is 8.66. The summed E-state index contributed by atoms with van der Waals surface area (Å²) in [6.45, 7) is 0. The van der Waals surface area contributed by atoms with Gasteiger partial charge in [-0.05, 0) is 0 Å². The summed E-state index contributed by atoms with van der Waals surface area (Å²) in [5.41, 5.74) is 0. The third kappa shape index (κ3) is 13600. The van der Waals surface area contributed by atoms with Gasteiger partial charge in [-0.15, -0.1) is 0 Å². The van der Waals surface area contributed by atoms with Gasteiger partial charge in [0.15, 0.2) is 0 Å². The number of carbonyl (C=O) groups is 5. The fourth-order valence-corrected chi connectivity index (χ4v) is 0. The van der Waals surface area contributed by atoms with Crippen LogP contribution in [0, 0.1) is 39.9 Å². The van der Waals surface area contributed by atoms with E-state index in [2.05, 4.69) is 0 Å². The summed E-state index contributed by atoms with van der Waals surface area (Å²) >= 11 is 0. The zero-order valence-corrected chi connectivity index (χ0v) is 17.6. The molecule has 0 fully saturated rings. The number of rotatable bonds is 0. The van der Waals surface area contributed by atoms with Crippen molar-refractivity contribution in [1.29, 1.82) is 0 Å².